The van der Waals surface area contributed by atoms with E-state index < -0.39 is 21.5 Å². The molecule has 0 atom stereocenters. The van der Waals surface area contributed by atoms with Gasteiger partial charge >= 0.3 is 0 Å². The van der Waals surface area contributed by atoms with Crippen molar-refractivity contribution in [2.75, 3.05) is 10.0 Å². The first-order valence-electron chi connectivity index (χ1n) is 12.1. The molecular formula is C29H19Cl3N4O5S. The van der Waals surface area contributed by atoms with Gasteiger partial charge in [0.05, 0.1) is 38.7 Å². The minimum atomic E-state index is -4.15. The van der Waals surface area contributed by atoms with Crippen molar-refractivity contribution in [1.82, 2.24) is 9.78 Å². The summed E-state index contributed by atoms with van der Waals surface area (Å²) in [4.78, 5) is 26.0. The average Bonchev–Trinajstić information content (AvgIpc) is 2.98. The molecule has 42 heavy (non-hydrogen) atoms. The zero-order valence-electron chi connectivity index (χ0n) is 21.3. The van der Waals surface area contributed by atoms with Crippen molar-refractivity contribution in [3.05, 3.63) is 134 Å². The maximum Gasteiger partial charge on any atom is 0.292 e. The number of amides is 1. The normalized spacial score (nSPS) is 11.1. The molecule has 9 nitrogen and oxygen atoms in total. The number of anilines is 2. The monoisotopic (exact) mass is 640 g/mol. The van der Waals surface area contributed by atoms with Crippen LogP contribution in [0, 0.1) is 0 Å². The van der Waals surface area contributed by atoms with E-state index in [0.717, 1.165) is 4.68 Å². The molecule has 13 heteroatoms. The molecule has 4 aromatic carbocycles. The molecule has 5 aromatic rings. The first-order chi connectivity index (χ1) is 20.1. The maximum atomic E-state index is 13.2. The number of hydrogen-bond acceptors (Lipinski definition) is 6. The van der Waals surface area contributed by atoms with Crippen LogP contribution in [0.5, 0.6) is 11.5 Å². The van der Waals surface area contributed by atoms with Gasteiger partial charge in [-0.05, 0) is 66.7 Å². The number of ether oxygens (including phenoxy) is 1. The predicted molar refractivity (Wildman–Crippen MR) is 163 cm³/mol. The van der Waals surface area contributed by atoms with Gasteiger partial charge in [-0.3, -0.25) is 14.3 Å². The number of aromatic nitrogens is 2. The van der Waals surface area contributed by atoms with Crippen molar-refractivity contribution in [3.63, 3.8) is 0 Å². The third-order valence-corrected chi connectivity index (χ3v) is 8.13. The molecule has 0 bridgehead atoms. The molecule has 0 saturated heterocycles. The van der Waals surface area contributed by atoms with Crippen LogP contribution in [-0.2, 0) is 10.0 Å². The summed E-state index contributed by atoms with van der Waals surface area (Å²) in [6.45, 7) is 0. The van der Waals surface area contributed by atoms with Gasteiger partial charge in [-0.1, -0.05) is 65.1 Å². The molecule has 0 radical (unpaired) electrons. The third kappa shape index (κ3) is 6.42. The van der Waals surface area contributed by atoms with Crippen molar-refractivity contribution in [1.29, 1.82) is 0 Å². The Kier molecular flexibility index (Phi) is 8.51. The van der Waals surface area contributed by atoms with Gasteiger partial charge in [0.2, 0.25) is 0 Å². The summed E-state index contributed by atoms with van der Waals surface area (Å²) >= 11 is 18.5. The molecule has 0 aliphatic rings. The van der Waals surface area contributed by atoms with E-state index >= 15 is 0 Å². The Bertz CT molecular complexity index is 1950. The van der Waals surface area contributed by atoms with Crippen LogP contribution < -0.4 is 20.3 Å². The molecule has 0 aliphatic heterocycles. The second-order valence-corrected chi connectivity index (χ2v) is 11.6. The molecule has 0 unspecified atom stereocenters. The van der Waals surface area contributed by atoms with E-state index in [1.807, 2.05) is 0 Å². The standard InChI is InChI=1S/C29H19Cl3N4O5S/c30-18-10-15-24(35-42(39,40)21-13-11-20(12-14-21)41-26-9-5-4-8-23(26)31)22(16-18)28(37)34-25-17-33-36(29(38)27(25)32)19-6-2-1-3-7-19/h1-17,35H,(H,34,37). The smallest absolute Gasteiger partial charge is 0.292 e. The predicted octanol–water partition coefficient (Wildman–Crippen LogP) is 7.04. The highest BCUT2D eigenvalue weighted by molar-refractivity contribution is 7.92. The van der Waals surface area contributed by atoms with Gasteiger partial charge in [0.15, 0.2) is 0 Å². The SMILES string of the molecule is O=C(Nc1cnn(-c2ccccc2)c(=O)c1Cl)c1cc(Cl)ccc1NS(=O)(=O)c1ccc(Oc2ccccc2Cl)cc1. The quantitative estimate of drug-likeness (QED) is 0.188. The molecule has 0 fully saturated rings. The van der Waals surface area contributed by atoms with Crippen LogP contribution >= 0.6 is 34.8 Å². The number of sulfonamides is 1. The molecule has 212 valence electrons. The lowest BCUT2D eigenvalue weighted by Crippen LogP contribution is -2.24. The number of para-hydroxylation sites is 2. The minimum Gasteiger partial charge on any atom is -0.456 e. The topological polar surface area (TPSA) is 119 Å². The molecule has 0 spiro atoms. The number of halogens is 3. The molecule has 1 amide bonds. The lowest BCUT2D eigenvalue weighted by molar-refractivity contribution is 0.102. The number of benzene rings is 4. The number of nitrogens with zero attached hydrogens (tertiary/aromatic N) is 2. The summed E-state index contributed by atoms with van der Waals surface area (Å²) in [6, 6.07) is 25.1. The number of carbonyl (C=O) groups is 1. The van der Waals surface area contributed by atoms with Crippen LogP contribution in [0.15, 0.2) is 113 Å². The highest BCUT2D eigenvalue weighted by Gasteiger charge is 2.21. The Labute approximate surface area is 255 Å². The number of carbonyl (C=O) groups excluding carboxylic acids is 1. The Morgan fingerprint density at radius 3 is 2.24 bits per heavy atom. The van der Waals surface area contributed by atoms with Crippen LogP contribution in [0.2, 0.25) is 15.1 Å². The van der Waals surface area contributed by atoms with E-state index in [1.165, 1.54) is 48.7 Å². The second kappa shape index (κ2) is 12.3. The number of rotatable bonds is 8. The first kappa shape index (κ1) is 29.2. The Morgan fingerprint density at radius 2 is 1.52 bits per heavy atom. The van der Waals surface area contributed by atoms with Gasteiger partial charge in [-0.15, -0.1) is 0 Å². The summed E-state index contributed by atoms with van der Waals surface area (Å²) in [5.41, 5.74) is -0.420. The summed E-state index contributed by atoms with van der Waals surface area (Å²) in [7, 11) is -4.15. The summed E-state index contributed by atoms with van der Waals surface area (Å²) in [5.74, 6) is 0.00459. The van der Waals surface area contributed by atoms with E-state index in [-0.39, 0.29) is 31.9 Å². The molecular weight excluding hydrogens is 623 g/mol. The van der Waals surface area contributed by atoms with Crippen LogP contribution in [0.3, 0.4) is 0 Å². The fourth-order valence-electron chi connectivity index (χ4n) is 3.80. The summed E-state index contributed by atoms with van der Waals surface area (Å²) < 4.78 is 35.6. The second-order valence-electron chi connectivity index (χ2n) is 8.68. The average molecular weight is 642 g/mol. The third-order valence-electron chi connectivity index (χ3n) is 5.84. The van der Waals surface area contributed by atoms with E-state index in [0.29, 0.717) is 22.2 Å². The highest BCUT2D eigenvalue weighted by atomic mass is 35.5. The zero-order valence-corrected chi connectivity index (χ0v) is 24.4. The summed E-state index contributed by atoms with van der Waals surface area (Å²) in [6.07, 6.45) is 1.22. The van der Waals surface area contributed by atoms with Crippen molar-refractivity contribution in [2.45, 2.75) is 4.90 Å². The minimum absolute atomic E-state index is 0.0602. The lowest BCUT2D eigenvalue weighted by atomic mass is 10.1. The van der Waals surface area contributed by atoms with Crippen LogP contribution in [0.4, 0.5) is 11.4 Å². The van der Waals surface area contributed by atoms with Gasteiger partial charge < -0.3 is 10.1 Å². The van der Waals surface area contributed by atoms with E-state index in [1.54, 1.807) is 54.6 Å². The fourth-order valence-corrected chi connectivity index (χ4v) is 5.40. The van der Waals surface area contributed by atoms with E-state index in [4.69, 9.17) is 39.5 Å². The number of nitrogens with one attached hydrogen (secondary N) is 2. The maximum absolute atomic E-state index is 13.2. The van der Waals surface area contributed by atoms with Crippen molar-refractivity contribution >= 4 is 62.1 Å². The van der Waals surface area contributed by atoms with Crippen LogP contribution in [0.25, 0.3) is 5.69 Å². The Balaban J connectivity index is 1.37. The van der Waals surface area contributed by atoms with Crippen LogP contribution in [0.1, 0.15) is 10.4 Å². The van der Waals surface area contributed by atoms with Crippen molar-refractivity contribution in [2.24, 2.45) is 0 Å². The zero-order chi connectivity index (χ0) is 29.9. The van der Waals surface area contributed by atoms with Gasteiger partial charge in [0.1, 0.15) is 16.5 Å². The summed E-state index contributed by atoms with van der Waals surface area (Å²) in [5, 5.41) is 6.88. The van der Waals surface area contributed by atoms with Gasteiger partial charge in [-0.2, -0.15) is 9.78 Å². The Hall–Kier alpha value is -4.35. The Morgan fingerprint density at radius 1 is 0.833 bits per heavy atom. The van der Waals surface area contributed by atoms with E-state index in [9.17, 15) is 18.0 Å². The van der Waals surface area contributed by atoms with Gasteiger partial charge in [0, 0.05) is 5.02 Å². The molecule has 2 N–H and O–H groups in total. The lowest BCUT2D eigenvalue weighted by Gasteiger charge is -2.14. The number of hydrogen-bond donors (Lipinski definition) is 2. The van der Waals surface area contributed by atoms with Gasteiger partial charge in [0.25, 0.3) is 21.5 Å². The fraction of sp³-hybridized carbons (Fsp3) is 0. The molecule has 1 heterocycles. The molecule has 5 rings (SSSR count). The highest BCUT2D eigenvalue weighted by Crippen LogP contribution is 2.30. The first-order valence-corrected chi connectivity index (χ1v) is 14.7. The van der Waals surface area contributed by atoms with Crippen molar-refractivity contribution in [3.8, 4) is 17.2 Å². The molecule has 1 aromatic heterocycles. The van der Waals surface area contributed by atoms with E-state index in [2.05, 4.69) is 15.1 Å². The van der Waals surface area contributed by atoms with Crippen LogP contribution in [-0.4, -0.2) is 24.1 Å². The molecule has 0 saturated carbocycles. The van der Waals surface area contributed by atoms with Gasteiger partial charge in [-0.25, -0.2) is 8.42 Å². The van der Waals surface area contributed by atoms with Crippen molar-refractivity contribution < 1.29 is 17.9 Å². The largest absolute Gasteiger partial charge is 0.456 e. The molecule has 0 aliphatic carbocycles.